The zero-order valence-corrected chi connectivity index (χ0v) is 11.6. The highest BCUT2D eigenvalue weighted by Crippen LogP contribution is 2.53. The number of likely N-dealkylation sites (N-methyl/N-ethyl adjacent to an activating group) is 1. The fourth-order valence-corrected chi connectivity index (χ4v) is 4.63. The molecule has 0 spiro atoms. The number of hydrazine groups is 1. The smallest absolute Gasteiger partial charge is 0.0569 e. The van der Waals surface area contributed by atoms with Gasteiger partial charge in [-0.1, -0.05) is 0 Å². The fraction of sp³-hybridized carbons (Fsp3) is 0.923. The topological polar surface area (TPSA) is 55.4 Å². The number of hydrogen-bond acceptors (Lipinski definition) is 4. The van der Waals surface area contributed by atoms with Crippen molar-refractivity contribution in [1.29, 1.82) is 0 Å². The molecule has 0 aromatic carbocycles. The molecule has 18 heavy (non-hydrogen) atoms. The molecule has 4 fully saturated rings. The summed E-state index contributed by atoms with van der Waals surface area (Å²) >= 11 is 0. The van der Waals surface area contributed by atoms with Gasteiger partial charge in [0, 0.05) is 13.1 Å². The fourth-order valence-electron chi connectivity index (χ4n) is 4.63. The van der Waals surface area contributed by atoms with E-state index in [1.165, 1.54) is 32.1 Å². The number of nitrogens with one attached hydrogen (secondary N) is 1. The quantitative estimate of drug-likeness (QED) is 0.755. The third-order valence-electron chi connectivity index (χ3n) is 4.96. The number of carbonyl (C=O) groups is 1. The summed E-state index contributed by atoms with van der Waals surface area (Å²) in [5.41, 5.74) is 3.41. The van der Waals surface area contributed by atoms with Crippen molar-refractivity contribution in [3.8, 4) is 0 Å². The SMILES string of the molecule is CN(CC(=O)[O-])NC1C2CC3CC(C2)CC1C3.Cl. The normalized spacial score (nSPS) is 40.9. The maximum absolute atomic E-state index is 10.6. The van der Waals surface area contributed by atoms with Gasteiger partial charge in [-0.3, -0.25) is 5.43 Å². The lowest BCUT2D eigenvalue weighted by atomic mass is 9.54. The van der Waals surface area contributed by atoms with Crippen LogP contribution in [0.4, 0.5) is 0 Å². The summed E-state index contributed by atoms with van der Waals surface area (Å²) in [7, 11) is 1.81. The van der Waals surface area contributed by atoms with Gasteiger partial charge in [-0.2, -0.15) is 0 Å². The van der Waals surface area contributed by atoms with E-state index in [0.29, 0.717) is 6.04 Å². The monoisotopic (exact) mass is 273 g/mol. The van der Waals surface area contributed by atoms with Crippen molar-refractivity contribution in [2.45, 2.75) is 38.1 Å². The Hall–Kier alpha value is -0.320. The van der Waals surface area contributed by atoms with Gasteiger partial charge in [-0.05, 0) is 55.8 Å². The molecule has 1 N–H and O–H groups in total. The third-order valence-corrected chi connectivity index (χ3v) is 4.96. The molecule has 0 saturated heterocycles. The lowest BCUT2D eigenvalue weighted by Gasteiger charge is -2.55. The minimum absolute atomic E-state index is 0. The third kappa shape index (κ3) is 2.65. The second-order valence-electron chi connectivity index (χ2n) is 6.31. The van der Waals surface area contributed by atoms with Crippen molar-refractivity contribution in [2.24, 2.45) is 23.7 Å². The van der Waals surface area contributed by atoms with Crippen LogP contribution in [0.2, 0.25) is 0 Å². The summed E-state index contributed by atoms with van der Waals surface area (Å²) in [4.78, 5) is 10.6. The van der Waals surface area contributed by atoms with Gasteiger partial charge < -0.3 is 9.90 Å². The Morgan fingerprint density at radius 1 is 1.17 bits per heavy atom. The summed E-state index contributed by atoms with van der Waals surface area (Å²) in [6, 6.07) is 0.507. The first-order valence-electron chi connectivity index (χ1n) is 6.79. The Labute approximate surface area is 114 Å². The van der Waals surface area contributed by atoms with E-state index in [0.717, 1.165) is 23.7 Å². The van der Waals surface area contributed by atoms with Gasteiger partial charge in [-0.15, -0.1) is 12.4 Å². The maximum Gasteiger partial charge on any atom is 0.0569 e. The van der Waals surface area contributed by atoms with Crippen LogP contribution in [0, 0.1) is 23.7 Å². The molecule has 0 aliphatic heterocycles. The van der Waals surface area contributed by atoms with Crippen LogP contribution in [-0.4, -0.2) is 30.6 Å². The minimum Gasteiger partial charge on any atom is -0.549 e. The molecule has 4 aliphatic rings. The van der Waals surface area contributed by atoms with Crippen molar-refractivity contribution in [2.75, 3.05) is 13.6 Å². The van der Waals surface area contributed by atoms with Crippen LogP contribution in [-0.2, 0) is 4.79 Å². The van der Waals surface area contributed by atoms with E-state index in [-0.39, 0.29) is 19.0 Å². The Kier molecular flexibility index (Phi) is 4.19. The lowest BCUT2D eigenvalue weighted by molar-refractivity contribution is -0.306. The first-order chi connectivity index (χ1) is 8.11. The second kappa shape index (κ2) is 5.35. The Bertz CT molecular complexity index is 296. The van der Waals surface area contributed by atoms with Crippen LogP contribution < -0.4 is 10.5 Å². The van der Waals surface area contributed by atoms with Gasteiger partial charge in [0.2, 0.25) is 0 Å². The highest BCUT2D eigenvalue weighted by Gasteiger charge is 2.48. The molecule has 4 nitrogen and oxygen atoms in total. The predicted octanol–water partition coefficient (Wildman–Crippen LogP) is 0.419. The van der Waals surface area contributed by atoms with E-state index >= 15 is 0 Å². The standard InChI is InChI=1S/C13H22N2O2.ClH/c1-15(7-12(16)17)14-13-10-3-8-2-9(5-10)6-11(13)4-8;/h8-11,13-14H,2-7H2,1H3,(H,16,17);1H/p-1. The largest absolute Gasteiger partial charge is 0.549 e. The number of carboxylic acid groups (broad SMARTS) is 1. The summed E-state index contributed by atoms with van der Waals surface area (Å²) < 4.78 is 0. The number of rotatable bonds is 4. The summed E-state index contributed by atoms with van der Waals surface area (Å²) in [6.45, 7) is -0.0250. The number of carboxylic acids is 1. The van der Waals surface area contributed by atoms with E-state index in [1.807, 2.05) is 0 Å². The van der Waals surface area contributed by atoms with E-state index < -0.39 is 5.97 Å². The molecule has 5 heteroatoms. The van der Waals surface area contributed by atoms with E-state index in [1.54, 1.807) is 12.1 Å². The molecule has 0 aromatic heterocycles. The minimum atomic E-state index is -1.01. The molecule has 0 heterocycles. The summed E-state index contributed by atoms with van der Waals surface area (Å²) in [6.07, 6.45) is 6.86. The van der Waals surface area contributed by atoms with Crippen molar-refractivity contribution < 1.29 is 9.90 Å². The average Bonchev–Trinajstić information content (AvgIpc) is 2.21. The average molecular weight is 274 g/mol. The number of hydrogen-bond donors (Lipinski definition) is 1. The molecule has 0 atom stereocenters. The van der Waals surface area contributed by atoms with Crippen molar-refractivity contribution in [3.05, 3.63) is 0 Å². The van der Waals surface area contributed by atoms with Gasteiger partial charge in [0.15, 0.2) is 0 Å². The first-order valence-corrected chi connectivity index (χ1v) is 6.79. The molecule has 4 rings (SSSR count). The van der Waals surface area contributed by atoms with E-state index in [9.17, 15) is 9.90 Å². The van der Waals surface area contributed by atoms with Gasteiger partial charge in [0.05, 0.1) is 12.5 Å². The maximum atomic E-state index is 10.6. The molecule has 104 valence electrons. The highest BCUT2D eigenvalue weighted by molar-refractivity contribution is 5.85. The van der Waals surface area contributed by atoms with E-state index in [4.69, 9.17) is 0 Å². The zero-order valence-electron chi connectivity index (χ0n) is 10.8. The molecule has 0 amide bonds. The number of halogens is 1. The molecule has 0 aromatic rings. The van der Waals surface area contributed by atoms with Crippen molar-refractivity contribution >= 4 is 18.4 Å². The number of nitrogens with zero attached hydrogens (tertiary/aromatic N) is 1. The predicted molar refractivity (Wildman–Crippen MR) is 68.9 cm³/mol. The van der Waals surface area contributed by atoms with Crippen LogP contribution in [0.25, 0.3) is 0 Å². The summed E-state index contributed by atoms with van der Waals surface area (Å²) in [5.74, 6) is 2.46. The first kappa shape index (κ1) is 14.1. The van der Waals surface area contributed by atoms with Gasteiger partial charge in [0.25, 0.3) is 0 Å². The van der Waals surface area contributed by atoms with Crippen LogP contribution in [0.15, 0.2) is 0 Å². The zero-order chi connectivity index (χ0) is 12.0. The molecule has 4 saturated carbocycles. The molecule has 0 radical (unpaired) electrons. The van der Waals surface area contributed by atoms with Gasteiger partial charge in [-0.25, -0.2) is 5.01 Å². The second-order valence-corrected chi connectivity index (χ2v) is 6.31. The molecular formula is C13H22ClN2O2-. The Morgan fingerprint density at radius 2 is 1.67 bits per heavy atom. The van der Waals surface area contributed by atoms with Gasteiger partial charge in [0.1, 0.15) is 0 Å². The summed E-state index contributed by atoms with van der Waals surface area (Å²) in [5, 5.41) is 12.3. The van der Waals surface area contributed by atoms with Crippen LogP contribution in [0.5, 0.6) is 0 Å². The molecule has 4 bridgehead atoms. The van der Waals surface area contributed by atoms with Crippen LogP contribution in [0.3, 0.4) is 0 Å². The number of aliphatic carboxylic acids is 1. The Balaban J connectivity index is 0.00000120. The van der Waals surface area contributed by atoms with Gasteiger partial charge >= 0.3 is 0 Å². The van der Waals surface area contributed by atoms with Crippen molar-refractivity contribution in [1.82, 2.24) is 10.4 Å². The lowest BCUT2D eigenvalue weighted by Crippen LogP contribution is -2.59. The van der Waals surface area contributed by atoms with Crippen LogP contribution >= 0.6 is 12.4 Å². The van der Waals surface area contributed by atoms with E-state index in [2.05, 4.69) is 5.43 Å². The molecule has 0 unspecified atom stereocenters. The molecule has 4 aliphatic carbocycles. The Morgan fingerprint density at radius 3 is 2.11 bits per heavy atom. The van der Waals surface area contributed by atoms with Crippen molar-refractivity contribution in [3.63, 3.8) is 0 Å². The molecular weight excluding hydrogens is 252 g/mol. The number of carbonyl (C=O) groups excluding carboxylic acids is 1. The van der Waals surface area contributed by atoms with Crippen LogP contribution in [0.1, 0.15) is 32.1 Å². The highest BCUT2D eigenvalue weighted by atomic mass is 35.5.